The van der Waals surface area contributed by atoms with E-state index in [1.54, 1.807) is 24.3 Å². The molecule has 0 fully saturated rings. The van der Waals surface area contributed by atoms with Gasteiger partial charge in [0, 0.05) is 36.4 Å². The number of carbonyl (C=O) groups excluding carboxylic acids is 2. The molecule has 3 aromatic carbocycles. The van der Waals surface area contributed by atoms with Crippen LogP contribution in [0.15, 0.2) is 77.2 Å². The van der Waals surface area contributed by atoms with Crippen molar-refractivity contribution in [3.05, 3.63) is 106 Å². The number of hydroxylamine groups is 2. The zero-order valence-corrected chi connectivity index (χ0v) is 22.4. The topological polar surface area (TPSA) is 71.8 Å². The molecule has 0 saturated carbocycles. The third-order valence-electron chi connectivity index (χ3n) is 6.44. The normalized spacial score (nSPS) is 11.7. The van der Waals surface area contributed by atoms with Gasteiger partial charge >= 0.3 is 12.1 Å². The fraction of sp³-hybridized carbons (Fsp3) is 0.290. The third-order valence-corrected chi connectivity index (χ3v) is 6.44. The van der Waals surface area contributed by atoms with Crippen LogP contribution >= 0.6 is 0 Å². The first kappa shape index (κ1) is 28.9. The molecule has 0 saturated heterocycles. The zero-order valence-electron chi connectivity index (χ0n) is 22.4. The summed E-state index contributed by atoms with van der Waals surface area (Å²) in [4.78, 5) is 29.8. The fourth-order valence-corrected chi connectivity index (χ4v) is 4.42. The molecule has 6 nitrogen and oxygen atoms in total. The average Bonchev–Trinajstić information content (AvgIpc) is 3.27. The van der Waals surface area contributed by atoms with Crippen molar-refractivity contribution in [3.63, 3.8) is 0 Å². The molecular formula is C31H31F3N2O4. The molecule has 0 unspecified atom stereocenters. The second-order valence-electron chi connectivity index (χ2n) is 9.56. The molecule has 9 heteroatoms. The highest BCUT2D eigenvalue weighted by atomic mass is 19.4. The lowest BCUT2D eigenvalue weighted by molar-refractivity contribution is -0.194. The number of carbonyl (C=O) groups is 2. The van der Waals surface area contributed by atoms with Gasteiger partial charge in [-0.15, -0.1) is 5.06 Å². The number of alkyl halides is 3. The Labute approximate surface area is 230 Å². The van der Waals surface area contributed by atoms with E-state index in [-0.39, 0.29) is 19.0 Å². The monoisotopic (exact) mass is 552 g/mol. The quantitative estimate of drug-likeness (QED) is 0.199. The van der Waals surface area contributed by atoms with Crippen LogP contribution in [0.3, 0.4) is 0 Å². The van der Waals surface area contributed by atoms with Gasteiger partial charge in [-0.2, -0.15) is 13.2 Å². The van der Waals surface area contributed by atoms with Gasteiger partial charge in [0.25, 0.3) is 5.91 Å². The summed E-state index contributed by atoms with van der Waals surface area (Å²) in [5.41, 5.74) is 2.81. The number of hydrogen-bond acceptors (Lipinski definition) is 5. The molecule has 210 valence electrons. The second-order valence-corrected chi connectivity index (χ2v) is 9.56. The fourth-order valence-electron chi connectivity index (χ4n) is 4.42. The molecule has 1 aromatic heterocycles. The molecule has 1 N–H and O–H groups in total. The number of amides is 1. The molecule has 0 atom stereocenters. The van der Waals surface area contributed by atoms with Crippen molar-refractivity contribution in [3.8, 4) is 0 Å². The molecule has 4 rings (SSSR count). The summed E-state index contributed by atoms with van der Waals surface area (Å²) in [5.74, 6) is 0.102. The predicted molar refractivity (Wildman–Crippen MR) is 145 cm³/mol. The van der Waals surface area contributed by atoms with Crippen LogP contribution in [0.25, 0.3) is 11.0 Å². The molecule has 1 heterocycles. The summed E-state index contributed by atoms with van der Waals surface area (Å²) in [7, 11) is 0. The number of nitrogens with one attached hydrogen (secondary N) is 1. The number of fused-ring (bicyclic) bond motifs is 1. The van der Waals surface area contributed by atoms with Crippen LogP contribution in [0.2, 0.25) is 0 Å². The lowest BCUT2D eigenvalue weighted by Crippen LogP contribution is -2.26. The summed E-state index contributed by atoms with van der Waals surface area (Å²) >= 11 is 0. The molecule has 0 bridgehead atoms. The van der Waals surface area contributed by atoms with Crippen molar-refractivity contribution >= 4 is 22.8 Å². The Morgan fingerprint density at radius 3 is 2.15 bits per heavy atom. The Hall–Kier alpha value is -4.11. The molecule has 40 heavy (non-hydrogen) atoms. The van der Waals surface area contributed by atoms with E-state index in [2.05, 4.69) is 12.2 Å². The molecule has 0 aliphatic carbocycles. The van der Waals surface area contributed by atoms with Gasteiger partial charge in [0.1, 0.15) is 11.3 Å². The Morgan fingerprint density at radius 1 is 0.925 bits per heavy atom. The summed E-state index contributed by atoms with van der Waals surface area (Å²) < 4.78 is 44.6. The molecule has 0 aliphatic heterocycles. The van der Waals surface area contributed by atoms with E-state index in [4.69, 9.17) is 9.25 Å². The van der Waals surface area contributed by atoms with Crippen molar-refractivity contribution in [1.82, 2.24) is 10.4 Å². The predicted octanol–water partition coefficient (Wildman–Crippen LogP) is 7.20. The van der Waals surface area contributed by atoms with Crippen LogP contribution in [-0.4, -0.2) is 16.9 Å². The van der Waals surface area contributed by atoms with E-state index in [0.717, 1.165) is 59.3 Å². The lowest BCUT2D eigenvalue weighted by atomic mass is 10.1. The highest BCUT2D eigenvalue weighted by Gasteiger charge is 2.30. The first-order chi connectivity index (χ1) is 19.1. The van der Waals surface area contributed by atoms with Gasteiger partial charge in [0.15, 0.2) is 0 Å². The zero-order chi connectivity index (χ0) is 28.7. The molecule has 4 aromatic rings. The van der Waals surface area contributed by atoms with Gasteiger partial charge in [-0.05, 0) is 47.9 Å². The molecule has 0 spiro atoms. The van der Waals surface area contributed by atoms with Gasteiger partial charge in [0.2, 0.25) is 0 Å². The molecule has 1 amide bonds. The molecule has 0 radical (unpaired) electrons. The second kappa shape index (κ2) is 12.8. The minimum Gasteiger partial charge on any atom is -0.461 e. The standard InChI is InChI=1S/C31H31F3N2O4/c1-3-4-8-29-27(26-7-5-6-9-28(26)39-29)18-35-30(38)24-14-10-22(11-15-24)19-36(40-21(2)37)20-23-12-16-25(17-13-23)31(32,33)34/h5-7,9-17H,3-4,8,18-20H2,1-2H3,(H,35,38). The van der Waals surface area contributed by atoms with E-state index < -0.39 is 17.7 Å². The van der Waals surface area contributed by atoms with Crippen LogP contribution in [0.5, 0.6) is 0 Å². The van der Waals surface area contributed by atoms with Gasteiger partial charge in [-0.1, -0.05) is 55.8 Å². The van der Waals surface area contributed by atoms with Crippen LogP contribution in [0.1, 0.15) is 65.1 Å². The van der Waals surface area contributed by atoms with Crippen LogP contribution < -0.4 is 5.32 Å². The van der Waals surface area contributed by atoms with Gasteiger partial charge in [-0.3, -0.25) is 9.59 Å². The first-order valence-corrected chi connectivity index (χ1v) is 13.1. The minimum absolute atomic E-state index is 0.0962. The van der Waals surface area contributed by atoms with Crippen molar-refractivity contribution in [2.45, 2.75) is 58.9 Å². The number of aryl methyl sites for hydroxylation is 1. The number of furan rings is 1. The summed E-state index contributed by atoms with van der Waals surface area (Å²) in [6, 6.07) is 19.3. The smallest absolute Gasteiger partial charge is 0.416 e. The third kappa shape index (κ3) is 7.51. The SMILES string of the molecule is CCCCc1oc2ccccc2c1CNC(=O)c1ccc(CN(Cc2ccc(C(F)(F)F)cc2)OC(C)=O)cc1. The van der Waals surface area contributed by atoms with Crippen molar-refractivity contribution in [2.24, 2.45) is 0 Å². The maximum Gasteiger partial charge on any atom is 0.416 e. The lowest BCUT2D eigenvalue weighted by Gasteiger charge is -2.21. The Kier molecular flexibility index (Phi) is 9.26. The Balaban J connectivity index is 1.40. The summed E-state index contributed by atoms with van der Waals surface area (Å²) in [5, 5.41) is 5.34. The van der Waals surface area contributed by atoms with Crippen molar-refractivity contribution in [2.75, 3.05) is 0 Å². The van der Waals surface area contributed by atoms with Crippen LogP contribution in [-0.2, 0) is 41.9 Å². The van der Waals surface area contributed by atoms with E-state index in [1.807, 2.05) is 24.3 Å². The Morgan fingerprint density at radius 2 is 1.55 bits per heavy atom. The van der Waals surface area contributed by atoms with Crippen LogP contribution in [0.4, 0.5) is 13.2 Å². The number of hydrogen-bond donors (Lipinski definition) is 1. The maximum atomic E-state index is 12.9. The van der Waals surface area contributed by atoms with Gasteiger partial charge in [-0.25, -0.2) is 0 Å². The number of halogens is 3. The minimum atomic E-state index is -4.42. The summed E-state index contributed by atoms with van der Waals surface area (Å²) in [6.07, 6.45) is -1.60. The number of para-hydroxylation sites is 1. The number of nitrogens with zero attached hydrogens (tertiary/aromatic N) is 1. The van der Waals surface area contributed by atoms with Crippen molar-refractivity contribution < 1.29 is 32.0 Å². The van der Waals surface area contributed by atoms with E-state index in [1.165, 1.54) is 24.1 Å². The summed E-state index contributed by atoms with van der Waals surface area (Å²) in [6.45, 7) is 3.99. The number of rotatable bonds is 11. The first-order valence-electron chi connectivity index (χ1n) is 13.1. The average molecular weight is 553 g/mol. The van der Waals surface area contributed by atoms with E-state index in [0.29, 0.717) is 17.7 Å². The van der Waals surface area contributed by atoms with Crippen molar-refractivity contribution in [1.29, 1.82) is 0 Å². The number of benzene rings is 3. The van der Waals surface area contributed by atoms with Gasteiger partial charge in [0.05, 0.1) is 18.7 Å². The Bertz CT molecular complexity index is 1440. The highest BCUT2D eigenvalue weighted by molar-refractivity contribution is 5.94. The highest BCUT2D eigenvalue weighted by Crippen LogP contribution is 2.29. The number of unbranched alkanes of at least 4 members (excludes halogenated alkanes) is 1. The van der Waals surface area contributed by atoms with E-state index in [9.17, 15) is 22.8 Å². The van der Waals surface area contributed by atoms with E-state index >= 15 is 0 Å². The van der Waals surface area contributed by atoms with Crippen LogP contribution in [0, 0.1) is 0 Å². The largest absolute Gasteiger partial charge is 0.461 e. The molecular weight excluding hydrogens is 521 g/mol. The molecule has 0 aliphatic rings. The van der Waals surface area contributed by atoms with Gasteiger partial charge < -0.3 is 14.6 Å². The maximum absolute atomic E-state index is 12.9.